The molecule has 0 saturated carbocycles. The first kappa shape index (κ1) is 19.4. The number of benzene rings is 1. The minimum absolute atomic E-state index is 0.0474. The van der Waals surface area contributed by atoms with Crippen molar-refractivity contribution in [2.24, 2.45) is 13.0 Å². The smallest absolute Gasteiger partial charge is 0.161 e. The molecule has 1 aliphatic heterocycles. The molecule has 1 aromatic carbocycles. The van der Waals surface area contributed by atoms with Crippen LogP contribution in [-0.4, -0.2) is 37.7 Å². The Kier molecular flexibility index (Phi) is 4.77. The first-order chi connectivity index (χ1) is 15.0. The number of nitrogens with one attached hydrogen (secondary N) is 2. The molecule has 0 amide bonds. The number of rotatable bonds is 5. The van der Waals surface area contributed by atoms with Crippen LogP contribution in [0.15, 0.2) is 36.8 Å². The van der Waals surface area contributed by atoms with E-state index in [9.17, 15) is 0 Å². The molecule has 0 spiro atoms. The summed E-state index contributed by atoms with van der Waals surface area (Å²) in [5.74, 6) is 3.66. The first-order valence-corrected chi connectivity index (χ1v) is 10.5. The maximum Gasteiger partial charge on any atom is 0.161 e. The molecule has 3 aromatic heterocycles. The average molecular weight is 419 g/mol. The molecule has 0 fully saturated rings. The lowest BCUT2D eigenvalue weighted by Gasteiger charge is -2.26. The summed E-state index contributed by atoms with van der Waals surface area (Å²) in [6.07, 6.45) is 3.45. The molecule has 0 bridgehead atoms. The topological polar surface area (TPSA) is 89.9 Å². The van der Waals surface area contributed by atoms with Crippen molar-refractivity contribution in [1.29, 1.82) is 0 Å². The number of imidazole rings is 1. The van der Waals surface area contributed by atoms with Crippen molar-refractivity contribution >= 4 is 16.9 Å². The van der Waals surface area contributed by atoms with Gasteiger partial charge in [-0.25, -0.2) is 15.0 Å². The highest BCUT2D eigenvalue weighted by Gasteiger charge is 2.22. The van der Waals surface area contributed by atoms with E-state index >= 15 is 0 Å². The van der Waals surface area contributed by atoms with Gasteiger partial charge in [0.05, 0.1) is 29.0 Å². The first-order valence-electron chi connectivity index (χ1n) is 10.5. The number of fused-ring (bicyclic) bond motifs is 2. The van der Waals surface area contributed by atoms with Crippen LogP contribution in [0.25, 0.3) is 22.4 Å². The van der Waals surface area contributed by atoms with E-state index in [0.29, 0.717) is 19.1 Å². The van der Waals surface area contributed by atoms with Crippen LogP contribution in [-0.2, 0) is 7.05 Å². The van der Waals surface area contributed by atoms with Crippen molar-refractivity contribution in [3.8, 4) is 22.9 Å². The number of anilines is 1. The van der Waals surface area contributed by atoms with Crippen LogP contribution in [0, 0.1) is 12.8 Å². The zero-order chi connectivity index (χ0) is 21.5. The van der Waals surface area contributed by atoms with Crippen molar-refractivity contribution in [3.63, 3.8) is 0 Å². The Morgan fingerprint density at radius 1 is 1.06 bits per heavy atom. The van der Waals surface area contributed by atoms with Gasteiger partial charge in [-0.2, -0.15) is 0 Å². The van der Waals surface area contributed by atoms with Gasteiger partial charge in [-0.1, -0.05) is 19.9 Å². The van der Waals surface area contributed by atoms with Crippen LogP contribution in [0.3, 0.4) is 0 Å². The molecule has 2 N–H and O–H groups in total. The SMILES string of the molecule is Cc1ncc(-c2cc3c(N[C@@H](c4ccc5c(c4)OCCO5)C(C)C)ncnc3[nH]2)n1C. The highest BCUT2D eigenvalue weighted by atomic mass is 16.6. The molecule has 0 aliphatic carbocycles. The quantitative estimate of drug-likeness (QED) is 0.504. The number of hydrogen-bond donors (Lipinski definition) is 2. The monoisotopic (exact) mass is 418 g/mol. The standard InChI is InChI=1S/C23H26N6O2/c1-13(2)21(15-5-6-19-20(9-15)31-8-7-30-19)28-23-16-10-17(27-22(16)25-12-26-23)18-11-24-14(3)29(18)4/h5-6,9-13,21H,7-8H2,1-4H3,(H2,25,26,27,28)/t21-/m1/s1. The fraction of sp³-hybridized carbons (Fsp3) is 0.348. The molecular weight excluding hydrogens is 392 g/mol. The Bertz CT molecular complexity index is 1240. The summed E-state index contributed by atoms with van der Waals surface area (Å²) in [5.41, 5.74) is 3.89. The fourth-order valence-corrected chi connectivity index (χ4v) is 3.98. The fourth-order valence-electron chi connectivity index (χ4n) is 3.98. The van der Waals surface area contributed by atoms with Crippen LogP contribution in [0.2, 0.25) is 0 Å². The molecule has 0 unspecified atom stereocenters. The van der Waals surface area contributed by atoms with E-state index in [1.165, 1.54) is 0 Å². The minimum atomic E-state index is 0.0474. The molecule has 0 radical (unpaired) electrons. The molecule has 1 aliphatic rings. The van der Waals surface area contributed by atoms with Crippen LogP contribution >= 0.6 is 0 Å². The zero-order valence-corrected chi connectivity index (χ0v) is 18.1. The van der Waals surface area contributed by atoms with Crippen molar-refractivity contribution in [3.05, 3.63) is 48.2 Å². The van der Waals surface area contributed by atoms with Gasteiger partial charge < -0.3 is 24.3 Å². The van der Waals surface area contributed by atoms with E-state index < -0.39 is 0 Å². The summed E-state index contributed by atoms with van der Waals surface area (Å²) in [7, 11) is 2.00. The summed E-state index contributed by atoms with van der Waals surface area (Å²) >= 11 is 0. The van der Waals surface area contributed by atoms with Gasteiger partial charge in [0.1, 0.15) is 36.8 Å². The van der Waals surface area contributed by atoms with Crippen LogP contribution in [0.1, 0.15) is 31.3 Å². The van der Waals surface area contributed by atoms with E-state index in [2.05, 4.69) is 61.9 Å². The highest BCUT2D eigenvalue weighted by Crippen LogP contribution is 2.36. The van der Waals surface area contributed by atoms with Gasteiger partial charge in [-0.3, -0.25) is 0 Å². The molecule has 0 saturated heterocycles. The second-order valence-corrected chi connectivity index (χ2v) is 8.19. The Morgan fingerprint density at radius 3 is 2.61 bits per heavy atom. The normalized spacial score (nSPS) is 14.2. The lowest BCUT2D eigenvalue weighted by molar-refractivity contribution is 0.171. The third-order valence-corrected chi connectivity index (χ3v) is 5.81. The Balaban J connectivity index is 1.51. The predicted octanol–water partition coefficient (Wildman–Crippen LogP) is 4.25. The molecular formula is C23H26N6O2. The van der Waals surface area contributed by atoms with Gasteiger partial charge in [0, 0.05) is 7.05 Å². The van der Waals surface area contributed by atoms with Gasteiger partial charge in [0.15, 0.2) is 11.5 Å². The Morgan fingerprint density at radius 2 is 1.87 bits per heavy atom. The summed E-state index contributed by atoms with van der Waals surface area (Å²) in [6, 6.07) is 8.26. The number of aromatic nitrogens is 5. The highest BCUT2D eigenvalue weighted by molar-refractivity contribution is 5.91. The molecule has 31 heavy (non-hydrogen) atoms. The summed E-state index contributed by atoms with van der Waals surface area (Å²) in [6.45, 7) is 7.52. The van der Waals surface area contributed by atoms with Crippen molar-refractivity contribution < 1.29 is 9.47 Å². The number of aromatic amines is 1. The van der Waals surface area contributed by atoms with E-state index in [1.54, 1.807) is 6.33 Å². The number of ether oxygens (including phenoxy) is 2. The molecule has 4 heterocycles. The number of hydrogen-bond acceptors (Lipinski definition) is 6. The van der Waals surface area contributed by atoms with Crippen LogP contribution < -0.4 is 14.8 Å². The van der Waals surface area contributed by atoms with Gasteiger partial charge in [0.25, 0.3) is 0 Å². The number of aryl methyl sites for hydroxylation is 1. The van der Waals surface area contributed by atoms with Crippen molar-refractivity contribution in [1.82, 2.24) is 24.5 Å². The van der Waals surface area contributed by atoms with Gasteiger partial charge >= 0.3 is 0 Å². The van der Waals surface area contributed by atoms with Crippen LogP contribution in [0.5, 0.6) is 11.5 Å². The van der Waals surface area contributed by atoms with Gasteiger partial charge in [-0.05, 0) is 36.6 Å². The summed E-state index contributed by atoms with van der Waals surface area (Å²) in [5, 5.41) is 4.58. The number of nitrogens with zero attached hydrogens (tertiary/aromatic N) is 4. The molecule has 4 aromatic rings. The number of H-pyrrole nitrogens is 1. The lowest BCUT2D eigenvalue weighted by Crippen LogP contribution is -2.19. The third-order valence-electron chi connectivity index (χ3n) is 5.81. The molecule has 160 valence electrons. The summed E-state index contributed by atoms with van der Waals surface area (Å²) in [4.78, 5) is 16.8. The predicted molar refractivity (Wildman–Crippen MR) is 119 cm³/mol. The Hall–Kier alpha value is -3.55. The second-order valence-electron chi connectivity index (χ2n) is 8.19. The molecule has 5 rings (SSSR count). The zero-order valence-electron chi connectivity index (χ0n) is 18.1. The molecule has 1 atom stereocenters. The maximum absolute atomic E-state index is 5.79. The summed E-state index contributed by atoms with van der Waals surface area (Å²) < 4.78 is 13.5. The van der Waals surface area contributed by atoms with Crippen LogP contribution in [0.4, 0.5) is 5.82 Å². The molecule has 8 heteroatoms. The minimum Gasteiger partial charge on any atom is -0.486 e. The van der Waals surface area contributed by atoms with Gasteiger partial charge in [-0.15, -0.1) is 0 Å². The van der Waals surface area contributed by atoms with E-state index in [0.717, 1.165) is 51.1 Å². The van der Waals surface area contributed by atoms with E-state index in [-0.39, 0.29) is 6.04 Å². The van der Waals surface area contributed by atoms with Crippen molar-refractivity contribution in [2.45, 2.75) is 26.8 Å². The lowest BCUT2D eigenvalue weighted by atomic mass is 9.95. The Labute approximate surface area is 180 Å². The molecule has 8 nitrogen and oxygen atoms in total. The van der Waals surface area contributed by atoms with Gasteiger partial charge in [0.2, 0.25) is 0 Å². The van der Waals surface area contributed by atoms with E-state index in [1.807, 2.05) is 26.2 Å². The second kappa shape index (κ2) is 7.61. The third kappa shape index (κ3) is 3.48. The largest absolute Gasteiger partial charge is 0.486 e. The maximum atomic E-state index is 5.79. The average Bonchev–Trinajstić information content (AvgIpc) is 3.35. The van der Waals surface area contributed by atoms with Crippen molar-refractivity contribution in [2.75, 3.05) is 18.5 Å². The van der Waals surface area contributed by atoms with E-state index in [4.69, 9.17) is 9.47 Å².